The summed E-state index contributed by atoms with van der Waals surface area (Å²) in [6.45, 7) is 9.86. The van der Waals surface area contributed by atoms with E-state index < -0.39 is 0 Å². The van der Waals surface area contributed by atoms with Crippen molar-refractivity contribution in [2.24, 2.45) is 46.3 Å². The summed E-state index contributed by atoms with van der Waals surface area (Å²) in [5.41, 5.74) is 1.34. The number of amides is 1. The molecule has 0 aromatic carbocycles. The molecular formula is C27H43NO4. The van der Waals surface area contributed by atoms with Gasteiger partial charge in [0.2, 0.25) is 0 Å². The van der Waals surface area contributed by atoms with Gasteiger partial charge in [0.05, 0.1) is 13.2 Å². The lowest BCUT2D eigenvalue weighted by atomic mass is 9.43. The number of ketones is 1. The van der Waals surface area contributed by atoms with Gasteiger partial charge in [0, 0.05) is 12.5 Å². The smallest absolute Gasteiger partial charge is 0.406 e. The Hall–Kier alpha value is -1.36. The number of carbonyl (C=O) groups is 2. The zero-order chi connectivity index (χ0) is 23.3. The number of hydrogen-bond donors (Lipinski definition) is 2. The molecule has 4 aliphatic rings. The van der Waals surface area contributed by atoms with E-state index in [-0.39, 0.29) is 34.9 Å². The van der Waals surface area contributed by atoms with Crippen LogP contribution in [-0.4, -0.2) is 36.7 Å². The summed E-state index contributed by atoms with van der Waals surface area (Å²) in [4.78, 5) is 25.4. The van der Waals surface area contributed by atoms with Crippen molar-refractivity contribution in [1.82, 2.24) is 5.32 Å². The molecular weight excluding hydrogens is 402 g/mol. The lowest BCUT2D eigenvalue weighted by Gasteiger charge is -2.61. The highest BCUT2D eigenvalue weighted by Crippen LogP contribution is 2.68. The van der Waals surface area contributed by atoms with Gasteiger partial charge in [0.1, 0.15) is 0 Å². The minimum absolute atomic E-state index is 0.134. The van der Waals surface area contributed by atoms with E-state index in [1.54, 1.807) is 0 Å². The summed E-state index contributed by atoms with van der Waals surface area (Å²) in [6.07, 6.45) is 9.69. The largest absolute Gasteiger partial charge is 0.453 e. The Labute approximate surface area is 193 Å². The number of methoxy groups -OCH3 is 1. The van der Waals surface area contributed by atoms with E-state index in [1.165, 1.54) is 20.0 Å². The number of fused-ring (bicyclic) bond motifs is 5. The monoisotopic (exact) mass is 445 g/mol. The molecule has 0 spiro atoms. The molecule has 0 aliphatic heterocycles. The van der Waals surface area contributed by atoms with Crippen LogP contribution in [0.4, 0.5) is 4.79 Å². The maximum absolute atomic E-state index is 13.9. The molecule has 2 N–H and O–H groups in total. The number of allylic oxidation sites excluding steroid dienone is 2. The van der Waals surface area contributed by atoms with E-state index in [9.17, 15) is 14.7 Å². The molecule has 0 saturated heterocycles. The van der Waals surface area contributed by atoms with Crippen LogP contribution in [0.1, 0.15) is 79.1 Å². The van der Waals surface area contributed by atoms with Gasteiger partial charge in [0.25, 0.3) is 0 Å². The Bertz CT molecular complexity index is 778. The predicted octanol–water partition coefficient (Wildman–Crippen LogP) is 5.12. The van der Waals surface area contributed by atoms with Crippen LogP contribution in [0.15, 0.2) is 11.6 Å². The minimum atomic E-state index is -0.361. The second-order valence-corrected chi connectivity index (χ2v) is 11.7. The molecule has 180 valence electrons. The second kappa shape index (κ2) is 8.77. The molecule has 0 heterocycles. The third-order valence-electron chi connectivity index (χ3n) is 10.5. The predicted molar refractivity (Wildman–Crippen MR) is 125 cm³/mol. The van der Waals surface area contributed by atoms with Crippen LogP contribution in [-0.2, 0) is 9.53 Å². The zero-order valence-electron chi connectivity index (χ0n) is 20.7. The quantitative estimate of drug-likeness (QED) is 0.589. The normalized spacial score (nSPS) is 45.6. The van der Waals surface area contributed by atoms with Crippen LogP contribution in [0.3, 0.4) is 0 Å². The average molecular weight is 446 g/mol. The van der Waals surface area contributed by atoms with Crippen LogP contribution < -0.4 is 5.32 Å². The molecule has 0 bridgehead atoms. The Morgan fingerprint density at radius 3 is 2.56 bits per heavy atom. The molecule has 4 rings (SSSR count). The molecule has 0 radical (unpaired) electrons. The van der Waals surface area contributed by atoms with Crippen LogP contribution in [0.5, 0.6) is 0 Å². The van der Waals surface area contributed by atoms with Crippen molar-refractivity contribution in [3.63, 3.8) is 0 Å². The van der Waals surface area contributed by atoms with E-state index in [0.717, 1.165) is 44.1 Å². The highest BCUT2D eigenvalue weighted by atomic mass is 16.5. The molecule has 4 fully saturated rings. The topological polar surface area (TPSA) is 75.6 Å². The first-order chi connectivity index (χ1) is 15.2. The lowest BCUT2D eigenvalue weighted by Crippen LogP contribution is -2.58. The van der Waals surface area contributed by atoms with Gasteiger partial charge in [-0.15, -0.1) is 0 Å². The summed E-state index contributed by atoms with van der Waals surface area (Å²) >= 11 is 0. The molecule has 0 aromatic heterocycles. The summed E-state index contributed by atoms with van der Waals surface area (Å²) < 4.78 is 4.71. The fraction of sp³-hybridized carbons (Fsp3) is 0.852. The Morgan fingerprint density at radius 2 is 1.88 bits per heavy atom. The second-order valence-electron chi connectivity index (χ2n) is 11.7. The SMILES string of the molecule is C/C=C1/C(=O)[C@@H]2[C@H](CC[C@]3(C)[C@@H]([C@H](C)CCNC(=O)OC)CC[C@@H]23)[C@@]2(C)CC[C@@H](O)C[C@@H]12. The van der Waals surface area contributed by atoms with Crippen molar-refractivity contribution in [3.05, 3.63) is 11.6 Å². The van der Waals surface area contributed by atoms with Gasteiger partial charge in [-0.2, -0.15) is 0 Å². The number of aliphatic hydroxyl groups is 1. The third-order valence-corrected chi connectivity index (χ3v) is 10.5. The zero-order valence-corrected chi connectivity index (χ0v) is 20.7. The van der Waals surface area contributed by atoms with Gasteiger partial charge in [-0.05, 0) is 104 Å². The van der Waals surface area contributed by atoms with E-state index in [2.05, 4.69) is 32.2 Å². The first-order valence-electron chi connectivity index (χ1n) is 12.9. The molecule has 5 heteroatoms. The van der Waals surface area contributed by atoms with Crippen molar-refractivity contribution in [3.8, 4) is 0 Å². The van der Waals surface area contributed by atoms with Crippen molar-refractivity contribution in [2.75, 3.05) is 13.7 Å². The van der Waals surface area contributed by atoms with Crippen molar-refractivity contribution in [1.29, 1.82) is 0 Å². The number of aliphatic hydroxyl groups excluding tert-OH is 1. The van der Waals surface area contributed by atoms with Crippen molar-refractivity contribution < 1.29 is 19.4 Å². The summed E-state index contributed by atoms with van der Waals surface area (Å²) in [5.74, 6) is 2.75. The van der Waals surface area contributed by atoms with Crippen LogP contribution in [0, 0.1) is 46.3 Å². The molecule has 4 saturated carbocycles. The van der Waals surface area contributed by atoms with Crippen LogP contribution in [0.25, 0.3) is 0 Å². The fourth-order valence-electron chi connectivity index (χ4n) is 8.84. The average Bonchev–Trinajstić information content (AvgIpc) is 3.12. The third kappa shape index (κ3) is 3.63. The van der Waals surface area contributed by atoms with Crippen LogP contribution >= 0.6 is 0 Å². The van der Waals surface area contributed by atoms with Crippen molar-refractivity contribution in [2.45, 2.75) is 85.2 Å². The molecule has 9 atom stereocenters. The summed E-state index contributed by atoms with van der Waals surface area (Å²) in [6, 6.07) is 0. The van der Waals surface area contributed by atoms with E-state index in [4.69, 9.17) is 4.74 Å². The summed E-state index contributed by atoms with van der Waals surface area (Å²) in [5, 5.41) is 13.2. The molecule has 4 aliphatic carbocycles. The van der Waals surface area contributed by atoms with Gasteiger partial charge >= 0.3 is 6.09 Å². The fourth-order valence-corrected chi connectivity index (χ4v) is 8.84. The lowest BCUT2D eigenvalue weighted by molar-refractivity contribution is -0.150. The van der Waals surface area contributed by atoms with E-state index in [0.29, 0.717) is 36.0 Å². The Kier molecular flexibility index (Phi) is 6.52. The number of ether oxygens (including phenoxy) is 1. The van der Waals surface area contributed by atoms with Gasteiger partial charge in [-0.25, -0.2) is 4.79 Å². The van der Waals surface area contributed by atoms with Crippen LogP contribution in [0.2, 0.25) is 0 Å². The molecule has 0 aromatic rings. The highest BCUT2D eigenvalue weighted by molar-refractivity contribution is 5.99. The first kappa shape index (κ1) is 23.8. The number of alkyl carbamates (subject to hydrolysis) is 1. The van der Waals surface area contributed by atoms with Gasteiger partial charge in [0.15, 0.2) is 5.78 Å². The highest BCUT2D eigenvalue weighted by Gasteiger charge is 2.64. The molecule has 32 heavy (non-hydrogen) atoms. The van der Waals surface area contributed by atoms with Crippen molar-refractivity contribution >= 4 is 11.9 Å². The Balaban J connectivity index is 1.56. The minimum Gasteiger partial charge on any atom is -0.453 e. The summed E-state index contributed by atoms with van der Waals surface area (Å²) in [7, 11) is 1.40. The van der Waals surface area contributed by atoms with E-state index >= 15 is 0 Å². The van der Waals surface area contributed by atoms with E-state index in [1.807, 2.05) is 6.92 Å². The first-order valence-corrected chi connectivity index (χ1v) is 12.9. The number of hydrogen-bond acceptors (Lipinski definition) is 4. The van der Waals surface area contributed by atoms with Gasteiger partial charge in [-0.1, -0.05) is 26.8 Å². The number of Topliss-reactive ketones (excluding diaryl/α,β-unsaturated/α-hetero) is 1. The van der Waals surface area contributed by atoms with Gasteiger partial charge < -0.3 is 15.2 Å². The maximum Gasteiger partial charge on any atom is 0.406 e. The maximum atomic E-state index is 13.9. The number of nitrogens with one attached hydrogen (secondary N) is 1. The standard InChI is InChI=1S/C27H43NO4/c1-6-18-22-15-17(29)9-12-27(22,4)21-10-13-26(3)19(7-8-20(26)23(21)24(18)30)16(2)11-14-28-25(31)32-5/h6,16-17,19-23,29H,7-15H2,1-5H3,(H,28,31)/b18-6+/t16-,17-,19-,20+,21+,22+,23+,26-,27-/m1/s1. The number of rotatable bonds is 4. The molecule has 5 nitrogen and oxygen atoms in total. The number of carbonyl (C=O) groups excluding carboxylic acids is 2. The molecule has 1 amide bonds. The Morgan fingerprint density at radius 1 is 1.19 bits per heavy atom. The molecule has 0 unspecified atom stereocenters. The van der Waals surface area contributed by atoms with Gasteiger partial charge in [-0.3, -0.25) is 4.79 Å².